The van der Waals surface area contributed by atoms with Gasteiger partial charge in [0.1, 0.15) is 4.90 Å². The molecule has 1 heterocycles. The molecule has 1 aliphatic heterocycles. The third-order valence-corrected chi connectivity index (χ3v) is 5.26. The van der Waals surface area contributed by atoms with E-state index in [0.29, 0.717) is 16.9 Å². The summed E-state index contributed by atoms with van der Waals surface area (Å²) in [4.78, 5) is 11.7. The van der Waals surface area contributed by atoms with Crippen LogP contribution in [0.25, 0.3) is 0 Å². The summed E-state index contributed by atoms with van der Waals surface area (Å²) in [5.74, 6) is -0.586. The Hall–Kier alpha value is -3.10. The minimum Gasteiger partial charge on any atom is -0.326 e. The molecule has 1 amide bonds. The SMILES string of the molecule is NS(=O)(=O)c1cc(NC(=O)Cc2ccc(C(F)F)cc2)ccc1N1N=CC(C(F)(F)F)N1. The smallest absolute Gasteiger partial charge is 0.326 e. The van der Waals surface area contributed by atoms with Gasteiger partial charge < -0.3 is 5.32 Å². The van der Waals surface area contributed by atoms with Gasteiger partial charge in [-0.15, -0.1) is 0 Å². The highest BCUT2D eigenvalue weighted by Gasteiger charge is 2.43. The van der Waals surface area contributed by atoms with Crippen LogP contribution in [0, 0.1) is 0 Å². The summed E-state index contributed by atoms with van der Waals surface area (Å²) in [6.45, 7) is 0. The number of hydrazine groups is 1. The van der Waals surface area contributed by atoms with E-state index in [4.69, 9.17) is 5.14 Å². The lowest BCUT2D eigenvalue weighted by atomic mass is 10.1. The van der Waals surface area contributed by atoms with Gasteiger partial charge in [-0.3, -0.25) is 4.79 Å². The molecule has 0 saturated heterocycles. The number of hydrogen-bond donors (Lipinski definition) is 3. The van der Waals surface area contributed by atoms with Gasteiger partial charge in [0.25, 0.3) is 6.43 Å². The van der Waals surface area contributed by atoms with Crippen LogP contribution in [0.1, 0.15) is 17.6 Å². The Morgan fingerprint density at radius 1 is 1.19 bits per heavy atom. The zero-order chi connectivity index (χ0) is 23.7. The molecule has 32 heavy (non-hydrogen) atoms. The second-order valence-electron chi connectivity index (χ2n) is 6.72. The number of carbonyl (C=O) groups is 1. The van der Waals surface area contributed by atoms with Crippen LogP contribution in [0.2, 0.25) is 0 Å². The Morgan fingerprint density at radius 2 is 1.84 bits per heavy atom. The highest BCUT2D eigenvalue weighted by Crippen LogP contribution is 2.30. The number of halogens is 5. The van der Waals surface area contributed by atoms with Crippen LogP contribution in [0.3, 0.4) is 0 Å². The fraction of sp³-hybridized carbons (Fsp3) is 0.222. The van der Waals surface area contributed by atoms with Crippen LogP contribution in [-0.4, -0.2) is 32.8 Å². The first-order valence-electron chi connectivity index (χ1n) is 8.85. The Balaban J connectivity index is 1.77. The van der Waals surface area contributed by atoms with Gasteiger partial charge in [-0.1, -0.05) is 24.3 Å². The number of rotatable bonds is 6. The van der Waals surface area contributed by atoms with Crippen molar-refractivity contribution >= 4 is 33.5 Å². The normalized spacial score (nSPS) is 16.6. The van der Waals surface area contributed by atoms with Crippen LogP contribution < -0.4 is 21.0 Å². The average Bonchev–Trinajstić information content (AvgIpc) is 3.18. The Morgan fingerprint density at radius 3 is 2.38 bits per heavy atom. The maximum Gasteiger partial charge on any atom is 0.410 e. The first kappa shape index (κ1) is 23.6. The van der Waals surface area contributed by atoms with Crippen LogP contribution >= 0.6 is 0 Å². The number of amides is 1. The lowest BCUT2D eigenvalue weighted by Crippen LogP contribution is -2.45. The summed E-state index contributed by atoms with van der Waals surface area (Å²) in [6.07, 6.45) is -6.93. The average molecular weight is 477 g/mol. The van der Waals surface area contributed by atoms with Gasteiger partial charge in [-0.25, -0.2) is 22.3 Å². The molecule has 8 nitrogen and oxygen atoms in total. The lowest BCUT2D eigenvalue weighted by molar-refractivity contribution is -0.137. The van der Waals surface area contributed by atoms with Gasteiger partial charge >= 0.3 is 6.18 Å². The number of nitrogens with two attached hydrogens (primary N) is 1. The van der Waals surface area contributed by atoms with Gasteiger partial charge in [-0.05, 0) is 23.8 Å². The van der Waals surface area contributed by atoms with E-state index in [1.54, 1.807) is 0 Å². The number of sulfonamides is 1. The standard InChI is InChI=1S/C18H16F5N5O3S/c19-17(20)11-3-1-10(2-4-11)7-16(29)26-12-5-6-13(14(8-12)32(24,30)31)28-25-9-15(27-28)18(21,22)23/h1-6,8-9,15,17,27H,7H2,(H,26,29)(H2,24,30,31). The molecule has 0 aromatic heterocycles. The highest BCUT2D eigenvalue weighted by molar-refractivity contribution is 7.89. The molecule has 1 atom stereocenters. The van der Waals surface area contributed by atoms with Crippen molar-refractivity contribution in [2.75, 3.05) is 10.4 Å². The molecular weight excluding hydrogens is 461 g/mol. The van der Waals surface area contributed by atoms with E-state index in [9.17, 15) is 35.2 Å². The van der Waals surface area contributed by atoms with E-state index in [1.807, 2.05) is 5.43 Å². The van der Waals surface area contributed by atoms with Crippen molar-refractivity contribution in [3.05, 3.63) is 53.6 Å². The third-order valence-electron chi connectivity index (χ3n) is 4.32. The fourth-order valence-electron chi connectivity index (χ4n) is 2.79. The van der Waals surface area contributed by atoms with Crippen LogP contribution in [0.5, 0.6) is 0 Å². The number of hydrogen-bond acceptors (Lipinski definition) is 6. The first-order chi connectivity index (χ1) is 14.8. The molecule has 172 valence electrons. The maximum atomic E-state index is 12.8. The molecule has 0 saturated carbocycles. The largest absolute Gasteiger partial charge is 0.410 e. The molecule has 3 rings (SSSR count). The number of benzene rings is 2. The number of nitrogens with zero attached hydrogens (tertiary/aromatic N) is 2. The van der Waals surface area contributed by atoms with Crippen molar-refractivity contribution in [1.82, 2.24) is 5.43 Å². The van der Waals surface area contributed by atoms with Gasteiger partial charge in [0, 0.05) is 11.3 Å². The zero-order valence-electron chi connectivity index (χ0n) is 16.0. The minimum absolute atomic E-state index is 0.00234. The molecular formula is C18H16F5N5O3S. The molecule has 4 N–H and O–H groups in total. The van der Waals surface area contributed by atoms with Crippen LogP contribution in [0.15, 0.2) is 52.5 Å². The summed E-state index contributed by atoms with van der Waals surface area (Å²) in [5.41, 5.74) is 1.95. The van der Waals surface area contributed by atoms with E-state index in [-0.39, 0.29) is 23.4 Å². The highest BCUT2D eigenvalue weighted by atomic mass is 32.2. The summed E-state index contributed by atoms with van der Waals surface area (Å²) in [6, 6.07) is 6.29. The van der Waals surface area contributed by atoms with Gasteiger partial charge in [0.05, 0.1) is 18.3 Å². The number of nitrogens with one attached hydrogen (secondary N) is 2. The predicted octanol–water partition coefficient (Wildman–Crippen LogP) is 2.69. The Labute approximate surface area is 178 Å². The molecule has 1 unspecified atom stereocenters. The number of anilines is 2. The first-order valence-corrected chi connectivity index (χ1v) is 10.4. The van der Waals surface area contributed by atoms with Crippen molar-refractivity contribution < 1.29 is 35.2 Å². The molecule has 2 aromatic rings. The molecule has 14 heteroatoms. The Kier molecular flexibility index (Phi) is 6.48. The summed E-state index contributed by atoms with van der Waals surface area (Å²) in [5, 5.41) is 11.7. The van der Waals surface area contributed by atoms with Gasteiger partial charge in [-0.2, -0.15) is 28.8 Å². The number of hydrazone groups is 1. The lowest BCUT2D eigenvalue weighted by Gasteiger charge is -2.21. The Bertz CT molecular complexity index is 1140. The second-order valence-corrected chi connectivity index (χ2v) is 8.25. The summed E-state index contributed by atoms with van der Waals surface area (Å²) < 4.78 is 87.6. The van der Waals surface area contributed by atoms with E-state index >= 15 is 0 Å². The molecule has 0 spiro atoms. The third kappa shape index (κ3) is 5.57. The monoisotopic (exact) mass is 477 g/mol. The number of carbonyl (C=O) groups excluding carboxylic acids is 1. The fourth-order valence-corrected chi connectivity index (χ4v) is 3.52. The quantitative estimate of drug-likeness (QED) is 0.554. The van der Waals surface area contributed by atoms with E-state index in [1.165, 1.54) is 30.3 Å². The van der Waals surface area contributed by atoms with Crippen LogP contribution in [0.4, 0.5) is 33.3 Å². The summed E-state index contributed by atoms with van der Waals surface area (Å²) in [7, 11) is -4.41. The predicted molar refractivity (Wildman–Crippen MR) is 105 cm³/mol. The molecule has 2 aromatic carbocycles. The second kappa shape index (κ2) is 8.80. The van der Waals surface area contributed by atoms with Crippen molar-refractivity contribution in [2.24, 2.45) is 10.2 Å². The minimum atomic E-state index is -4.65. The molecule has 1 aliphatic rings. The van der Waals surface area contributed by atoms with E-state index in [2.05, 4.69) is 10.4 Å². The van der Waals surface area contributed by atoms with Crippen LogP contribution in [-0.2, 0) is 21.2 Å². The van der Waals surface area contributed by atoms with Gasteiger partial charge in [0.2, 0.25) is 15.9 Å². The van der Waals surface area contributed by atoms with Gasteiger partial charge in [0.15, 0.2) is 6.04 Å². The van der Waals surface area contributed by atoms with E-state index in [0.717, 1.165) is 12.1 Å². The molecule has 0 aliphatic carbocycles. The molecule has 0 radical (unpaired) electrons. The molecule has 0 bridgehead atoms. The van der Waals surface area contributed by atoms with Crippen molar-refractivity contribution in [1.29, 1.82) is 0 Å². The summed E-state index contributed by atoms with van der Waals surface area (Å²) >= 11 is 0. The number of alkyl halides is 5. The zero-order valence-corrected chi connectivity index (χ0v) is 16.8. The van der Waals surface area contributed by atoms with Crippen molar-refractivity contribution in [3.63, 3.8) is 0 Å². The maximum absolute atomic E-state index is 12.8. The number of primary sulfonamides is 1. The van der Waals surface area contributed by atoms with Crippen molar-refractivity contribution in [2.45, 2.75) is 30.0 Å². The van der Waals surface area contributed by atoms with E-state index < -0.39 is 39.5 Å². The topological polar surface area (TPSA) is 117 Å². The van der Waals surface area contributed by atoms with Crippen molar-refractivity contribution in [3.8, 4) is 0 Å². The molecule has 0 fully saturated rings.